The SMILES string of the molecule is C=CC1=C(C)C(/C=C2/NC([CH-]C3=C(CCC(=O)O)[C-](C)/C(=C/C4NC(=O)[C@H](C)[C@H]4CC)N3)C(CCC(=O)O)=C2C)NC1=O. The van der Waals surface area contributed by atoms with Gasteiger partial charge in [0, 0.05) is 36.1 Å². The Morgan fingerprint density at radius 1 is 1.05 bits per heavy atom. The van der Waals surface area contributed by atoms with Crippen molar-refractivity contribution in [3.8, 4) is 0 Å². The third-order valence-electron chi connectivity index (χ3n) is 9.16. The quantitative estimate of drug-likeness (QED) is 0.188. The van der Waals surface area contributed by atoms with Gasteiger partial charge in [-0.05, 0) is 49.5 Å². The van der Waals surface area contributed by atoms with E-state index in [0.29, 0.717) is 18.4 Å². The average molecular weight is 591 g/mol. The Morgan fingerprint density at radius 2 is 1.72 bits per heavy atom. The van der Waals surface area contributed by atoms with E-state index in [2.05, 4.69) is 34.8 Å². The van der Waals surface area contributed by atoms with Gasteiger partial charge in [0.15, 0.2) is 0 Å². The van der Waals surface area contributed by atoms with Crippen molar-refractivity contribution in [3.05, 3.63) is 82.1 Å². The van der Waals surface area contributed by atoms with Gasteiger partial charge in [-0.2, -0.15) is 0 Å². The summed E-state index contributed by atoms with van der Waals surface area (Å²) in [5.41, 5.74) is 6.48. The fourth-order valence-corrected chi connectivity index (χ4v) is 6.50. The van der Waals surface area contributed by atoms with Gasteiger partial charge >= 0.3 is 11.9 Å². The molecule has 4 aliphatic heterocycles. The van der Waals surface area contributed by atoms with Crippen LogP contribution >= 0.6 is 0 Å². The smallest absolute Gasteiger partial charge is 0.303 e. The molecule has 232 valence electrons. The molecule has 4 aliphatic rings. The van der Waals surface area contributed by atoms with E-state index < -0.39 is 11.9 Å². The first-order valence-corrected chi connectivity index (χ1v) is 14.8. The summed E-state index contributed by atoms with van der Waals surface area (Å²) in [6, 6.07) is -0.821. The fourth-order valence-electron chi connectivity index (χ4n) is 6.50. The predicted octanol–water partition coefficient (Wildman–Crippen LogP) is 3.59. The van der Waals surface area contributed by atoms with Crippen LogP contribution in [0.15, 0.2) is 69.8 Å². The number of aliphatic carboxylic acids is 2. The van der Waals surface area contributed by atoms with Crippen LogP contribution in [0.5, 0.6) is 0 Å². The number of carboxylic acid groups (broad SMARTS) is 2. The Kier molecular flexibility index (Phi) is 9.47. The summed E-state index contributed by atoms with van der Waals surface area (Å²) in [7, 11) is 0. The molecule has 4 rings (SSSR count). The lowest BCUT2D eigenvalue weighted by molar-refractivity contribution is -0.138. The molecule has 0 aliphatic carbocycles. The molecule has 6 N–H and O–H groups in total. The van der Waals surface area contributed by atoms with E-state index in [4.69, 9.17) is 0 Å². The number of hydrogen-bond acceptors (Lipinski definition) is 6. The van der Waals surface area contributed by atoms with Crippen molar-refractivity contribution in [1.82, 2.24) is 21.3 Å². The number of hydrogen-bond donors (Lipinski definition) is 6. The number of carboxylic acids is 2. The number of carbonyl (C=O) groups excluding carboxylic acids is 2. The monoisotopic (exact) mass is 590 g/mol. The van der Waals surface area contributed by atoms with Gasteiger partial charge in [0.25, 0.3) is 5.91 Å². The highest BCUT2D eigenvalue weighted by Gasteiger charge is 2.36. The molecule has 1 saturated heterocycles. The Hall–Kier alpha value is -4.34. The van der Waals surface area contributed by atoms with E-state index in [1.165, 1.54) is 0 Å². The molecule has 10 heteroatoms. The molecule has 0 aromatic carbocycles. The highest BCUT2D eigenvalue weighted by atomic mass is 16.4. The Bertz CT molecular complexity index is 1380. The highest BCUT2D eigenvalue weighted by molar-refractivity contribution is 6.00. The maximum Gasteiger partial charge on any atom is 0.303 e. The average Bonchev–Trinajstić information content (AvgIpc) is 3.59. The van der Waals surface area contributed by atoms with Gasteiger partial charge in [0.1, 0.15) is 0 Å². The highest BCUT2D eigenvalue weighted by Crippen LogP contribution is 2.39. The first-order valence-electron chi connectivity index (χ1n) is 14.8. The van der Waals surface area contributed by atoms with Gasteiger partial charge in [0.05, 0.1) is 6.04 Å². The third kappa shape index (κ3) is 6.53. The molecule has 0 saturated carbocycles. The molecule has 10 nitrogen and oxygen atoms in total. The van der Waals surface area contributed by atoms with Crippen LogP contribution in [0.25, 0.3) is 0 Å². The fraction of sp³-hybridized carbons (Fsp3) is 0.455. The minimum Gasteiger partial charge on any atom is -0.481 e. The molecule has 0 radical (unpaired) electrons. The zero-order valence-corrected chi connectivity index (χ0v) is 25.5. The summed E-state index contributed by atoms with van der Waals surface area (Å²) in [5, 5.41) is 31.9. The third-order valence-corrected chi connectivity index (χ3v) is 9.16. The molecule has 2 amide bonds. The lowest BCUT2D eigenvalue weighted by atomic mass is 9.87. The molecule has 0 aromatic heterocycles. The summed E-state index contributed by atoms with van der Waals surface area (Å²) < 4.78 is 0. The lowest BCUT2D eigenvalue weighted by Gasteiger charge is -2.31. The number of rotatable bonds is 12. The van der Waals surface area contributed by atoms with Crippen LogP contribution in [0.4, 0.5) is 0 Å². The number of allylic oxidation sites excluding steroid dienone is 2. The minimum absolute atomic E-state index is 0.0251. The van der Waals surface area contributed by atoms with Gasteiger partial charge in [0.2, 0.25) is 5.91 Å². The zero-order valence-electron chi connectivity index (χ0n) is 25.5. The topological polar surface area (TPSA) is 157 Å². The van der Waals surface area contributed by atoms with Crippen LogP contribution < -0.4 is 21.3 Å². The van der Waals surface area contributed by atoms with E-state index >= 15 is 0 Å². The van der Waals surface area contributed by atoms with E-state index in [1.807, 2.05) is 46.3 Å². The van der Waals surface area contributed by atoms with Gasteiger partial charge < -0.3 is 31.5 Å². The summed E-state index contributed by atoms with van der Waals surface area (Å²) in [4.78, 5) is 47.8. The first kappa shape index (κ1) is 31.6. The summed E-state index contributed by atoms with van der Waals surface area (Å²) in [6.07, 6.45) is 8.89. The summed E-state index contributed by atoms with van der Waals surface area (Å²) in [6.45, 7) is 13.5. The van der Waals surface area contributed by atoms with Crippen LogP contribution in [-0.4, -0.2) is 52.1 Å². The molecule has 43 heavy (non-hydrogen) atoms. The Labute approximate surface area is 253 Å². The number of carbonyl (C=O) groups is 4. The maximum atomic E-state index is 12.4. The molecule has 0 bridgehead atoms. The van der Waals surface area contributed by atoms with Gasteiger partial charge in [-0.25, -0.2) is 18.0 Å². The van der Waals surface area contributed by atoms with Crippen LogP contribution in [0.1, 0.15) is 66.7 Å². The summed E-state index contributed by atoms with van der Waals surface area (Å²) >= 11 is 0. The molecule has 0 spiro atoms. The second-order valence-electron chi connectivity index (χ2n) is 11.7. The second kappa shape index (κ2) is 12.9. The van der Waals surface area contributed by atoms with Gasteiger partial charge in [-0.3, -0.25) is 24.8 Å². The van der Waals surface area contributed by atoms with Crippen LogP contribution in [0, 0.1) is 24.2 Å². The van der Waals surface area contributed by atoms with Gasteiger partial charge in [-0.15, -0.1) is 18.2 Å². The largest absolute Gasteiger partial charge is 0.481 e. The molecule has 0 aromatic rings. The van der Waals surface area contributed by atoms with E-state index in [1.54, 1.807) is 6.08 Å². The minimum atomic E-state index is -0.901. The van der Waals surface area contributed by atoms with Crippen LogP contribution in [0.2, 0.25) is 0 Å². The van der Waals surface area contributed by atoms with E-state index in [-0.39, 0.29) is 54.6 Å². The van der Waals surface area contributed by atoms with Gasteiger partial charge in [-0.1, -0.05) is 45.4 Å². The molecule has 1 fully saturated rings. The molecular weight excluding hydrogens is 548 g/mol. The standard InChI is InChI=1S/C33H42N4O6/c1-7-20-19(6)32(42)37-27(20)14-25-18(5)23(10-12-31(40)41)29(35-25)15-28-22(9-11-30(38)39)17(4)24(34-28)13-26-16(3)21(8-2)33(43)36-26/h8,13-15,19-20,26-28,34-35H,2,7,9-12H2,1,3-6H3,(H,36,43)(H,37,42)(H,38,39)(H,40,41)/q-2/b24-13+,25-14-/t19-,20-,26?,27?,28?/m1/s1. The molecule has 5 atom stereocenters. The molecule has 4 heterocycles. The van der Waals surface area contributed by atoms with Crippen molar-refractivity contribution in [1.29, 1.82) is 0 Å². The zero-order chi connectivity index (χ0) is 31.6. The van der Waals surface area contributed by atoms with Crippen molar-refractivity contribution in [3.63, 3.8) is 0 Å². The Morgan fingerprint density at radius 3 is 2.33 bits per heavy atom. The number of amides is 2. The molecular formula is C33H42N4O6-2. The van der Waals surface area contributed by atoms with Crippen molar-refractivity contribution < 1.29 is 29.4 Å². The van der Waals surface area contributed by atoms with Crippen molar-refractivity contribution in [2.45, 2.75) is 84.8 Å². The number of nitrogens with one attached hydrogen (secondary N) is 4. The van der Waals surface area contributed by atoms with Crippen LogP contribution in [-0.2, 0) is 19.2 Å². The summed E-state index contributed by atoms with van der Waals surface area (Å²) in [5.74, 6) is -0.985. The van der Waals surface area contributed by atoms with Crippen molar-refractivity contribution >= 4 is 23.8 Å². The lowest BCUT2D eigenvalue weighted by Crippen LogP contribution is -2.31. The van der Waals surface area contributed by atoms with E-state index in [0.717, 1.165) is 51.7 Å². The van der Waals surface area contributed by atoms with Crippen molar-refractivity contribution in [2.75, 3.05) is 0 Å². The maximum absolute atomic E-state index is 12.4. The van der Waals surface area contributed by atoms with Crippen LogP contribution in [0.3, 0.4) is 0 Å². The predicted molar refractivity (Wildman–Crippen MR) is 163 cm³/mol. The first-order chi connectivity index (χ1) is 20.4. The second-order valence-corrected chi connectivity index (χ2v) is 11.7. The van der Waals surface area contributed by atoms with E-state index in [9.17, 15) is 29.4 Å². The van der Waals surface area contributed by atoms with Crippen molar-refractivity contribution in [2.24, 2.45) is 11.8 Å². The molecule has 3 unspecified atom stereocenters. The normalized spacial score (nSPS) is 29.0. The Balaban J connectivity index is 1.64.